The second-order valence-electron chi connectivity index (χ2n) is 7.44. The Morgan fingerprint density at radius 2 is 2.07 bits per heavy atom. The lowest BCUT2D eigenvalue weighted by molar-refractivity contribution is -0.130. The van der Waals surface area contributed by atoms with Crippen LogP contribution in [0.2, 0.25) is 0 Å². The highest BCUT2D eigenvalue weighted by Crippen LogP contribution is 2.45. The summed E-state index contributed by atoms with van der Waals surface area (Å²) < 4.78 is 25.9. The summed E-state index contributed by atoms with van der Waals surface area (Å²) in [6.45, 7) is 5.12. The Morgan fingerprint density at radius 3 is 2.75 bits per heavy atom. The summed E-state index contributed by atoms with van der Waals surface area (Å²) >= 11 is 0. The number of ketones is 1. The van der Waals surface area contributed by atoms with Crippen LogP contribution in [-0.2, 0) is 9.53 Å². The third kappa shape index (κ3) is 4.04. The maximum absolute atomic E-state index is 14.6. The fourth-order valence-corrected chi connectivity index (χ4v) is 3.57. The predicted octanol–water partition coefficient (Wildman–Crippen LogP) is 3.72. The Morgan fingerprint density at radius 1 is 1.32 bits per heavy atom. The van der Waals surface area contributed by atoms with Crippen molar-refractivity contribution in [1.29, 1.82) is 0 Å². The first-order valence-corrected chi connectivity index (χ1v) is 9.00. The minimum absolute atomic E-state index is 0.205. The molecule has 1 aromatic heterocycles. The molecule has 1 aliphatic rings. The maximum Gasteiger partial charge on any atom is 0.254 e. The maximum atomic E-state index is 14.6. The number of hydrogen-bond acceptors (Lipinski definition) is 5. The van der Waals surface area contributed by atoms with Crippen LogP contribution in [-0.4, -0.2) is 35.5 Å². The van der Waals surface area contributed by atoms with Gasteiger partial charge in [-0.05, 0) is 44.5 Å². The third-order valence-electron chi connectivity index (χ3n) is 4.77. The van der Waals surface area contributed by atoms with Crippen molar-refractivity contribution >= 4 is 17.4 Å². The number of carbonyl (C=O) groups excluding carboxylic acids is 2. The predicted molar refractivity (Wildman–Crippen MR) is 102 cm³/mol. The van der Waals surface area contributed by atoms with Crippen LogP contribution < -0.4 is 10.1 Å². The molecule has 0 aliphatic carbocycles. The molecule has 0 spiro atoms. The van der Waals surface area contributed by atoms with Gasteiger partial charge in [-0.15, -0.1) is 0 Å². The summed E-state index contributed by atoms with van der Waals surface area (Å²) in [5.74, 6) is -1.19. The van der Waals surface area contributed by atoms with E-state index in [1.165, 1.54) is 32.4 Å². The van der Waals surface area contributed by atoms with E-state index >= 15 is 0 Å². The molecule has 0 unspecified atom stereocenters. The standard InChI is InChI=1S/C21H23FN2O4/c1-12(25)16-10-13(8-9-23-16)24-20(26)19-14(11-21(2,3)28-19)18-15(22)6-5-7-17(18)27-4/h5-10,14,19H,11H2,1-4H3,(H,23,24,26)/t14-,19+/m1/s1. The first kappa shape index (κ1) is 19.9. The fourth-order valence-electron chi connectivity index (χ4n) is 3.57. The van der Waals surface area contributed by atoms with Crippen LogP contribution in [0, 0.1) is 5.82 Å². The molecule has 1 fully saturated rings. The molecule has 2 aromatic rings. The number of nitrogens with one attached hydrogen (secondary N) is 1. The van der Waals surface area contributed by atoms with Gasteiger partial charge in [-0.3, -0.25) is 14.6 Å². The summed E-state index contributed by atoms with van der Waals surface area (Å²) in [4.78, 5) is 28.5. The number of benzene rings is 1. The highest BCUT2D eigenvalue weighted by molar-refractivity contribution is 5.97. The monoisotopic (exact) mass is 386 g/mol. The Kier molecular flexibility index (Phi) is 5.47. The van der Waals surface area contributed by atoms with Crippen LogP contribution in [0.3, 0.4) is 0 Å². The molecule has 1 saturated heterocycles. The van der Waals surface area contributed by atoms with E-state index in [0.717, 1.165) is 0 Å². The van der Waals surface area contributed by atoms with Crippen molar-refractivity contribution in [2.24, 2.45) is 0 Å². The van der Waals surface area contributed by atoms with Gasteiger partial charge in [-0.1, -0.05) is 6.07 Å². The lowest BCUT2D eigenvalue weighted by Crippen LogP contribution is -2.33. The number of anilines is 1. The van der Waals surface area contributed by atoms with E-state index in [-0.39, 0.29) is 11.5 Å². The Bertz CT molecular complexity index is 913. The lowest BCUT2D eigenvalue weighted by atomic mass is 9.86. The Hall–Kier alpha value is -2.80. The van der Waals surface area contributed by atoms with Gasteiger partial charge in [0.2, 0.25) is 0 Å². The van der Waals surface area contributed by atoms with E-state index in [9.17, 15) is 14.0 Å². The largest absolute Gasteiger partial charge is 0.496 e. The molecule has 0 bridgehead atoms. The molecule has 0 saturated carbocycles. The van der Waals surface area contributed by atoms with Crippen LogP contribution in [0.25, 0.3) is 0 Å². The normalized spacial score (nSPS) is 20.6. The Balaban J connectivity index is 1.92. The van der Waals surface area contributed by atoms with E-state index < -0.39 is 29.3 Å². The van der Waals surface area contributed by atoms with Gasteiger partial charge in [0, 0.05) is 30.3 Å². The zero-order valence-corrected chi connectivity index (χ0v) is 16.3. The number of carbonyl (C=O) groups is 2. The van der Waals surface area contributed by atoms with Crippen molar-refractivity contribution in [3.8, 4) is 5.75 Å². The number of amides is 1. The van der Waals surface area contributed by atoms with E-state index in [1.54, 1.807) is 18.2 Å². The van der Waals surface area contributed by atoms with E-state index in [0.29, 0.717) is 23.4 Å². The molecular weight excluding hydrogens is 363 g/mol. The molecule has 1 amide bonds. The number of aromatic nitrogens is 1. The summed E-state index contributed by atoms with van der Waals surface area (Å²) in [6.07, 6.45) is 0.996. The van der Waals surface area contributed by atoms with Crippen molar-refractivity contribution < 1.29 is 23.5 Å². The first-order valence-electron chi connectivity index (χ1n) is 9.00. The molecule has 3 rings (SSSR count). The molecule has 6 nitrogen and oxygen atoms in total. The average Bonchev–Trinajstić information content (AvgIpc) is 2.96. The van der Waals surface area contributed by atoms with Gasteiger partial charge < -0.3 is 14.8 Å². The zero-order chi connectivity index (χ0) is 20.5. The van der Waals surface area contributed by atoms with Gasteiger partial charge in [0.1, 0.15) is 23.4 Å². The number of hydrogen-bond donors (Lipinski definition) is 1. The molecular formula is C21H23FN2O4. The van der Waals surface area contributed by atoms with Crippen molar-refractivity contribution in [3.05, 3.63) is 53.6 Å². The van der Waals surface area contributed by atoms with Gasteiger partial charge in [0.25, 0.3) is 5.91 Å². The number of halogens is 1. The number of pyridine rings is 1. The van der Waals surface area contributed by atoms with Crippen molar-refractivity contribution in [2.45, 2.75) is 44.8 Å². The zero-order valence-electron chi connectivity index (χ0n) is 16.3. The average molecular weight is 386 g/mol. The van der Waals surface area contributed by atoms with Crippen molar-refractivity contribution in [1.82, 2.24) is 4.98 Å². The van der Waals surface area contributed by atoms with Gasteiger partial charge in [0.15, 0.2) is 5.78 Å². The SMILES string of the molecule is COc1cccc(F)c1[C@H]1CC(C)(C)O[C@@H]1C(=O)Nc1ccnc(C(C)=O)c1. The minimum Gasteiger partial charge on any atom is -0.496 e. The number of nitrogens with zero attached hydrogens (tertiary/aromatic N) is 1. The van der Waals surface area contributed by atoms with Crippen molar-refractivity contribution in [2.75, 3.05) is 12.4 Å². The van der Waals surface area contributed by atoms with Crippen LogP contribution in [0.15, 0.2) is 36.5 Å². The van der Waals surface area contributed by atoms with Gasteiger partial charge in [-0.2, -0.15) is 0 Å². The summed E-state index contributed by atoms with van der Waals surface area (Å²) in [5, 5.41) is 2.75. The number of ether oxygens (including phenoxy) is 2. The van der Waals surface area contributed by atoms with Crippen LogP contribution >= 0.6 is 0 Å². The van der Waals surface area contributed by atoms with Gasteiger partial charge in [-0.25, -0.2) is 4.39 Å². The second-order valence-corrected chi connectivity index (χ2v) is 7.44. The quantitative estimate of drug-likeness (QED) is 0.793. The topological polar surface area (TPSA) is 77.5 Å². The molecule has 1 aliphatic heterocycles. The molecule has 28 heavy (non-hydrogen) atoms. The Labute approximate surface area is 163 Å². The molecule has 2 heterocycles. The summed E-state index contributed by atoms with van der Waals surface area (Å²) in [5.41, 5.74) is 0.397. The second kappa shape index (κ2) is 7.67. The molecule has 1 N–H and O–H groups in total. The highest BCUT2D eigenvalue weighted by atomic mass is 19.1. The van der Waals surface area contributed by atoms with Gasteiger partial charge >= 0.3 is 0 Å². The third-order valence-corrected chi connectivity index (χ3v) is 4.77. The molecule has 0 radical (unpaired) electrons. The summed E-state index contributed by atoms with van der Waals surface area (Å²) in [6, 6.07) is 7.66. The lowest BCUT2D eigenvalue weighted by Gasteiger charge is -2.21. The molecule has 7 heteroatoms. The van der Waals surface area contributed by atoms with E-state index in [1.807, 2.05) is 13.8 Å². The number of methoxy groups -OCH3 is 1. The van der Waals surface area contributed by atoms with E-state index in [2.05, 4.69) is 10.3 Å². The minimum atomic E-state index is -0.908. The van der Waals surface area contributed by atoms with Crippen LogP contribution in [0.4, 0.5) is 10.1 Å². The molecule has 1 aromatic carbocycles. The fraction of sp³-hybridized carbons (Fsp3) is 0.381. The summed E-state index contributed by atoms with van der Waals surface area (Å²) in [7, 11) is 1.47. The molecule has 148 valence electrons. The smallest absolute Gasteiger partial charge is 0.254 e. The number of rotatable bonds is 5. The number of Topliss-reactive ketones (excluding diaryl/α,β-unsaturated/α-hetero) is 1. The van der Waals surface area contributed by atoms with E-state index in [4.69, 9.17) is 9.47 Å². The first-order chi connectivity index (χ1) is 13.2. The van der Waals surface area contributed by atoms with Crippen LogP contribution in [0.5, 0.6) is 5.75 Å². The van der Waals surface area contributed by atoms with Crippen LogP contribution in [0.1, 0.15) is 49.2 Å². The van der Waals surface area contributed by atoms with Crippen molar-refractivity contribution in [3.63, 3.8) is 0 Å². The highest BCUT2D eigenvalue weighted by Gasteiger charge is 2.46. The molecule has 2 atom stereocenters. The van der Waals surface area contributed by atoms with Gasteiger partial charge in [0.05, 0.1) is 12.7 Å².